The van der Waals surface area contributed by atoms with Gasteiger partial charge in [0.25, 0.3) is 0 Å². The van der Waals surface area contributed by atoms with E-state index in [4.69, 9.17) is 0 Å². The second-order valence-corrected chi connectivity index (χ2v) is 3.17. The molecular weight excluding hydrogens is 195 g/mol. The molecule has 2 aromatic rings. The van der Waals surface area contributed by atoms with Crippen LogP contribution in [0.5, 0.6) is 0 Å². The summed E-state index contributed by atoms with van der Waals surface area (Å²) in [5.41, 5.74) is 0. The predicted octanol–water partition coefficient (Wildman–Crippen LogP) is 2.12. The Bertz CT molecular complexity index is 427. The molecule has 1 atom stereocenters. The summed E-state index contributed by atoms with van der Waals surface area (Å²) in [6.45, 7) is 1.88. The van der Waals surface area contributed by atoms with Crippen LogP contribution >= 0.6 is 0 Å². The molecule has 0 aliphatic rings. The minimum absolute atomic E-state index is 0.107. The van der Waals surface area contributed by atoms with E-state index in [1.165, 1.54) is 6.07 Å². The molecule has 5 heteroatoms. The van der Waals surface area contributed by atoms with Crippen LogP contribution in [0.4, 0.5) is 10.2 Å². The highest BCUT2D eigenvalue weighted by molar-refractivity contribution is 5.37. The van der Waals surface area contributed by atoms with Crippen LogP contribution in [0.25, 0.3) is 0 Å². The van der Waals surface area contributed by atoms with Gasteiger partial charge in [0, 0.05) is 18.6 Å². The van der Waals surface area contributed by atoms with E-state index in [9.17, 15) is 4.39 Å². The minimum Gasteiger partial charge on any atom is -0.358 e. The molecule has 4 nitrogen and oxygen atoms in total. The number of hydrogen-bond acceptors (Lipinski definition) is 3. The van der Waals surface area contributed by atoms with Gasteiger partial charge in [-0.05, 0) is 19.1 Å². The fraction of sp³-hybridized carbons (Fsp3) is 0.200. The average Bonchev–Trinajstić information content (AvgIpc) is 2.74. The van der Waals surface area contributed by atoms with Crippen LogP contribution in [0.3, 0.4) is 0 Å². The highest BCUT2D eigenvalue weighted by atomic mass is 19.1. The van der Waals surface area contributed by atoms with E-state index in [2.05, 4.69) is 20.3 Å². The van der Waals surface area contributed by atoms with Crippen molar-refractivity contribution >= 4 is 5.82 Å². The van der Waals surface area contributed by atoms with E-state index in [-0.39, 0.29) is 17.7 Å². The number of nitrogens with zero attached hydrogens (tertiary/aromatic N) is 2. The molecule has 2 N–H and O–H groups in total. The summed E-state index contributed by atoms with van der Waals surface area (Å²) in [6, 6.07) is 2.81. The van der Waals surface area contributed by atoms with Crippen LogP contribution in [0.15, 0.2) is 30.7 Å². The molecule has 0 aliphatic carbocycles. The molecule has 0 amide bonds. The Balaban J connectivity index is 2.13. The monoisotopic (exact) mass is 206 g/mol. The molecule has 78 valence electrons. The first kappa shape index (κ1) is 9.64. The zero-order chi connectivity index (χ0) is 10.7. The smallest absolute Gasteiger partial charge is 0.165 e. The van der Waals surface area contributed by atoms with Gasteiger partial charge >= 0.3 is 0 Å². The molecule has 0 aliphatic heterocycles. The summed E-state index contributed by atoms with van der Waals surface area (Å²) in [6.07, 6.45) is 4.92. The van der Waals surface area contributed by atoms with Gasteiger partial charge in [-0.3, -0.25) is 0 Å². The molecule has 1 unspecified atom stereocenters. The Morgan fingerprint density at radius 1 is 1.40 bits per heavy atom. The van der Waals surface area contributed by atoms with Crippen LogP contribution < -0.4 is 5.32 Å². The van der Waals surface area contributed by atoms with E-state index < -0.39 is 0 Å². The SMILES string of the molecule is CC(Nc1ncccc1F)c1ncc[nH]1. The van der Waals surface area contributed by atoms with Crippen molar-refractivity contribution in [1.82, 2.24) is 15.0 Å². The number of halogens is 1. The Hall–Kier alpha value is -1.91. The molecule has 0 radical (unpaired) electrons. The van der Waals surface area contributed by atoms with E-state index in [0.29, 0.717) is 0 Å². The quantitative estimate of drug-likeness (QED) is 0.808. The topological polar surface area (TPSA) is 53.6 Å². The molecule has 2 aromatic heterocycles. The van der Waals surface area contributed by atoms with Crippen LogP contribution in [0.2, 0.25) is 0 Å². The van der Waals surface area contributed by atoms with Crippen molar-refractivity contribution in [3.05, 3.63) is 42.4 Å². The van der Waals surface area contributed by atoms with Gasteiger partial charge in [0.15, 0.2) is 11.6 Å². The zero-order valence-electron chi connectivity index (χ0n) is 8.24. The lowest BCUT2D eigenvalue weighted by Gasteiger charge is -2.12. The summed E-state index contributed by atoms with van der Waals surface area (Å²) < 4.78 is 13.2. The maximum atomic E-state index is 13.2. The average molecular weight is 206 g/mol. The van der Waals surface area contributed by atoms with Crippen molar-refractivity contribution in [2.75, 3.05) is 5.32 Å². The van der Waals surface area contributed by atoms with Crippen molar-refractivity contribution in [3.8, 4) is 0 Å². The minimum atomic E-state index is -0.365. The van der Waals surface area contributed by atoms with E-state index in [1.807, 2.05) is 6.92 Å². The van der Waals surface area contributed by atoms with Gasteiger partial charge in [0.1, 0.15) is 5.82 Å². The fourth-order valence-corrected chi connectivity index (χ4v) is 1.28. The third kappa shape index (κ3) is 2.12. The van der Waals surface area contributed by atoms with Gasteiger partial charge in [0.2, 0.25) is 0 Å². The maximum Gasteiger partial charge on any atom is 0.165 e. The first-order chi connectivity index (χ1) is 7.27. The number of nitrogens with one attached hydrogen (secondary N) is 2. The lowest BCUT2D eigenvalue weighted by Crippen LogP contribution is -2.10. The van der Waals surface area contributed by atoms with Gasteiger partial charge in [0.05, 0.1) is 6.04 Å². The van der Waals surface area contributed by atoms with Gasteiger partial charge in [-0.2, -0.15) is 0 Å². The number of aromatic amines is 1. The zero-order valence-corrected chi connectivity index (χ0v) is 8.24. The van der Waals surface area contributed by atoms with Crippen LogP contribution in [0.1, 0.15) is 18.8 Å². The second kappa shape index (κ2) is 4.08. The number of rotatable bonds is 3. The van der Waals surface area contributed by atoms with Crippen molar-refractivity contribution in [2.24, 2.45) is 0 Å². The third-order valence-corrected chi connectivity index (χ3v) is 2.04. The largest absolute Gasteiger partial charge is 0.358 e. The number of imidazole rings is 1. The van der Waals surface area contributed by atoms with Crippen molar-refractivity contribution in [2.45, 2.75) is 13.0 Å². The lowest BCUT2D eigenvalue weighted by atomic mass is 10.3. The molecule has 0 saturated heterocycles. The van der Waals surface area contributed by atoms with E-state index in [1.54, 1.807) is 24.7 Å². The third-order valence-electron chi connectivity index (χ3n) is 2.04. The first-order valence-corrected chi connectivity index (χ1v) is 4.63. The predicted molar refractivity (Wildman–Crippen MR) is 54.8 cm³/mol. The van der Waals surface area contributed by atoms with Crippen LogP contribution in [-0.2, 0) is 0 Å². The Kier molecular flexibility index (Phi) is 2.62. The number of aromatic nitrogens is 3. The molecular formula is C10H11FN4. The fourth-order valence-electron chi connectivity index (χ4n) is 1.28. The first-order valence-electron chi connectivity index (χ1n) is 4.63. The molecule has 0 fully saturated rings. The van der Waals surface area contributed by atoms with Crippen LogP contribution in [0, 0.1) is 5.82 Å². The lowest BCUT2D eigenvalue weighted by molar-refractivity contribution is 0.620. The molecule has 0 saturated carbocycles. The Morgan fingerprint density at radius 2 is 2.27 bits per heavy atom. The molecule has 0 bridgehead atoms. The highest BCUT2D eigenvalue weighted by Crippen LogP contribution is 2.16. The molecule has 0 spiro atoms. The number of anilines is 1. The van der Waals surface area contributed by atoms with Gasteiger partial charge in [-0.25, -0.2) is 14.4 Å². The van der Waals surface area contributed by atoms with Crippen LogP contribution in [-0.4, -0.2) is 15.0 Å². The van der Waals surface area contributed by atoms with Gasteiger partial charge in [-0.15, -0.1) is 0 Å². The Labute approximate surface area is 86.6 Å². The molecule has 2 rings (SSSR count). The highest BCUT2D eigenvalue weighted by Gasteiger charge is 2.10. The summed E-state index contributed by atoms with van der Waals surface area (Å²) >= 11 is 0. The number of hydrogen-bond donors (Lipinski definition) is 2. The maximum absolute atomic E-state index is 13.2. The van der Waals surface area contributed by atoms with Crippen molar-refractivity contribution in [3.63, 3.8) is 0 Å². The van der Waals surface area contributed by atoms with Gasteiger partial charge < -0.3 is 10.3 Å². The number of H-pyrrole nitrogens is 1. The van der Waals surface area contributed by atoms with Crippen molar-refractivity contribution < 1.29 is 4.39 Å². The van der Waals surface area contributed by atoms with E-state index >= 15 is 0 Å². The van der Waals surface area contributed by atoms with E-state index in [0.717, 1.165) is 5.82 Å². The molecule has 15 heavy (non-hydrogen) atoms. The van der Waals surface area contributed by atoms with Crippen molar-refractivity contribution in [1.29, 1.82) is 0 Å². The summed E-state index contributed by atoms with van der Waals surface area (Å²) in [4.78, 5) is 10.9. The molecule has 2 heterocycles. The summed E-state index contributed by atoms with van der Waals surface area (Å²) in [7, 11) is 0. The normalized spacial score (nSPS) is 12.4. The Morgan fingerprint density at radius 3 is 2.93 bits per heavy atom. The van der Waals surface area contributed by atoms with Gasteiger partial charge in [-0.1, -0.05) is 0 Å². The second-order valence-electron chi connectivity index (χ2n) is 3.17. The number of pyridine rings is 1. The summed E-state index contributed by atoms with van der Waals surface area (Å²) in [5, 5.41) is 2.93. The molecule has 0 aromatic carbocycles. The summed E-state index contributed by atoms with van der Waals surface area (Å²) in [5.74, 6) is 0.623. The standard InChI is InChI=1S/C10H11FN4/c1-7(9-13-5-6-14-9)15-10-8(11)3-2-4-12-10/h2-7H,1H3,(H,12,15)(H,13,14).